The summed E-state index contributed by atoms with van der Waals surface area (Å²) >= 11 is 0. The van der Waals surface area contributed by atoms with Crippen molar-refractivity contribution in [2.45, 2.75) is 32.8 Å². The van der Waals surface area contributed by atoms with E-state index < -0.39 is 0 Å². The second-order valence-corrected chi connectivity index (χ2v) is 5.26. The fraction of sp³-hybridized carbons (Fsp3) is 0.333. The molecule has 1 N–H and O–H groups in total. The average molecular weight is 214 g/mol. The third-order valence-electron chi connectivity index (χ3n) is 2.95. The molecule has 0 atom stereocenters. The fourth-order valence-electron chi connectivity index (χ4n) is 2.12. The van der Waals surface area contributed by atoms with Crippen LogP contribution in [0.2, 0.25) is 0 Å². The molecular weight excluding hydrogens is 196 g/mol. The van der Waals surface area contributed by atoms with Gasteiger partial charge >= 0.3 is 0 Å². The molecule has 0 saturated heterocycles. The molecule has 0 aromatic heterocycles. The summed E-state index contributed by atoms with van der Waals surface area (Å²) in [6, 6.07) is 12.6. The number of aliphatic hydroxyl groups is 1. The summed E-state index contributed by atoms with van der Waals surface area (Å²) in [6.45, 7) is 6.64. The second-order valence-electron chi connectivity index (χ2n) is 5.26. The van der Waals surface area contributed by atoms with Crippen LogP contribution >= 0.6 is 0 Å². The molecule has 0 spiro atoms. The Morgan fingerprint density at radius 3 is 2.06 bits per heavy atom. The molecule has 2 aromatic carbocycles. The number of rotatable bonds is 1. The summed E-state index contributed by atoms with van der Waals surface area (Å²) in [5, 5.41) is 11.9. The van der Waals surface area contributed by atoms with E-state index in [4.69, 9.17) is 0 Å². The molecular formula is C15H18O. The molecule has 16 heavy (non-hydrogen) atoms. The average Bonchev–Trinajstić information content (AvgIpc) is 2.26. The van der Waals surface area contributed by atoms with Gasteiger partial charge < -0.3 is 5.11 Å². The van der Waals surface area contributed by atoms with Crippen LogP contribution in [0.1, 0.15) is 31.9 Å². The van der Waals surface area contributed by atoms with Crippen molar-refractivity contribution in [2.24, 2.45) is 0 Å². The van der Waals surface area contributed by atoms with E-state index >= 15 is 0 Å². The lowest BCUT2D eigenvalue weighted by atomic mass is 9.82. The highest BCUT2D eigenvalue weighted by Gasteiger charge is 2.17. The van der Waals surface area contributed by atoms with Crippen LogP contribution in [-0.4, -0.2) is 5.11 Å². The fourth-order valence-corrected chi connectivity index (χ4v) is 2.12. The van der Waals surface area contributed by atoms with E-state index in [1.54, 1.807) is 0 Å². The van der Waals surface area contributed by atoms with Gasteiger partial charge in [0, 0.05) is 0 Å². The zero-order valence-electron chi connectivity index (χ0n) is 10.1. The molecule has 0 fully saturated rings. The molecule has 0 aliphatic heterocycles. The summed E-state index contributed by atoms with van der Waals surface area (Å²) in [5.41, 5.74) is 2.34. The summed E-state index contributed by atoms with van der Waals surface area (Å²) in [5.74, 6) is 0. The topological polar surface area (TPSA) is 20.2 Å². The van der Waals surface area contributed by atoms with Crippen LogP contribution in [0.15, 0.2) is 36.4 Å². The van der Waals surface area contributed by atoms with Gasteiger partial charge in [0.15, 0.2) is 0 Å². The van der Waals surface area contributed by atoms with Gasteiger partial charge in [-0.2, -0.15) is 0 Å². The highest BCUT2D eigenvalue weighted by Crippen LogP contribution is 2.30. The molecule has 0 unspecified atom stereocenters. The van der Waals surface area contributed by atoms with Crippen molar-refractivity contribution >= 4 is 10.8 Å². The third-order valence-corrected chi connectivity index (χ3v) is 2.95. The van der Waals surface area contributed by atoms with Crippen LogP contribution in [-0.2, 0) is 12.0 Å². The van der Waals surface area contributed by atoms with E-state index in [-0.39, 0.29) is 12.0 Å². The van der Waals surface area contributed by atoms with Crippen LogP contribution in [0, 0.1) is 0 Å². The number of fused-ring (bicyclic) bond motifs is 1. The smallest absolute Gasteiger partial charge is 0.0684 e. The monoisotopic (exact) mass is 214 g/mol. The highest BCUT2D eigenvalue weighted by atomic mass is 16.3. The van der Waals surface area contributed by atoms with Gasteiger partial charge in [0.2, 0.25) is 0 Å². The lowest BCUT2D eigenvalue weighted by Crippen LogP contribution is -2.14. The summed E-state index contributed by atoms with van der Waals surface area (Å²) in [7, 11) is 0. The van der Waals surface area contributed by atoms with Crippen molar-refractivity contribution in [2.75, 3.05) is 0 Å². The Hall–Kier alpha value is -1.34. The second kappa shape index (κ2) is 3.91. The van der Waals surface area contributed by atoms with Crippen LogP contribution in [0.5, 0.6) is 0 Å². The van der Waals surface area contributed by atoms with Gasteiger partial charge in [-0.05, 0) is 33.4 Å². The maximum atomic E-state index is 9.44. The molecule has 1 nitrogen and oxygen atoms in total. The predicted molar refractivity (Wildman–Crippen MR) is 68.6 cm³/mol. The zero-order valence-corrected chi connectivity index (χ0v) is 10.1. The van der Waals surface area contributed by atoms with E-state index in [1.165, 1.54) is 16.3 Å². The van der Waals surface area contributed by atoms with Gasteiger partial charge in [-0.25, -0.2) is 0 Å². The Bertz CT molecular complexity index is 506. The molecule has 1 heteroatoms. The quantitative estimate of drug-likeness (QED) is 0.768. The van der Waals surface area contributed by atoms with E-state index in [9.17, 15) is 5.11 Å². The molecule has 0 bridgehead atoms. The summed E-state index contributed by atoms with van der Waals surface area (Å²) in [4.78, 5) is 0. The molecule has 2 rings (SSSR count). The minimum absolute atomic E-state index is 0.0715. The first-order valence-corrected chi connectivity index (χ1v) is 5.65. The van der Waals surface area contributed by atoms with Crippen molar-refractivity contribution in [3.05, 3.63) is 47.5 Å². The minimum atomic E-state index is 0.0715. The Balaban J connectivity index is 2.73. The Morgan fingerprint density at radius 2 is 1.56 bits per heavy atom. The van der Waals surface area contributed by atoms with E-state index in [1.807, 2.05) is 12.1 Å². The van der Waals surface area contributed by atoms with Crippen molar-refractivity contribution < 1.29 is 5.11 Å². The van der Waals surface area contributed by atoms with Crippen LogP contribution in [0.25, 0.3) is 10.8 Å². The Kier molecular flexibility index (Phi) is 2.73. The number of benzene rings is 2. The zero-order chi connectivity index (χ0) is 11.8. The van der Waals surface area contributed by atoms with Gasteiger partial charge in [-0.15, -0.1) is 0 Å². The molecule has 2 aromatic rings. The number of aliphatic hydroxyl groups excluding tert-OH is 1. The van der Waals surface area contributed by atoms with Gasteiger partial charge in [0.05, 0.1) is 6.61 Å². The van der Waals surface area contributed by atoms with Crippen LogP contribution < -0.4 is 0 Å². The molecule has 0 amide bonds. The minimum Gasteiger partial charge on any atom is -0.392 e. The summed E-state index contributed by atoms with van der Waals surface area (Å²) < 4.78 is 0. The van der Waals surface area contributed by atoms with E-state index in [0.29, 0.717) is 0 Å². The highest BCUT2D eigenvalue weighted by molar-refractivity contribution is 5.84. The van der Waals surface area contributed by atoms with Crippen molar-refractivity contribution in [3.8, 4) is 0 Å². The molecule has 0 heterocycles. The Morgan fingerprint density at radius 1 is 1.00 bits per heavy atom. The van der Waals surface area contributed by atoms with Gasteiger partial charge in [-0.3, -0.25) is 0 Å². The molecule has 0 saturated carbocycles. The van der Waals surface area contributed by atoms with Gasteiger partial charge in [0.1, 0.15) is 0 Å². The normalized spacial score (nSPS) is 12.0. The van der Waals surface area contributed by atoms with Crippen molar-refractivity contribution in [3.63, 3.8) is 0 Å². The first-order valence-electron chi connectivity index (χ1n) is 5.65. The van der Waals surface area contributed by atoms with Crippen LogP contribution in [0.4, 0.5) is 0 Å². The number of hydrogen-bond donors (Lipinski definition) is 1. The van der Waals surface area contributed by atoms with Crippen molar-refractivity contribution in [1.82, 2.24) is 0 Å². The third kappa shape index (κ3) is 1.96. The molecule has 0 radical (unpaired) electrons. The lowest BCUT2D eigenvalue weighted by Gasteiger charge is -2.23. The summed E-state index contributed by atoms with van der Waals surface area (Å²) in [6.07, 6.45) is 0. The molecule has 0 aliphatic rings. The van der Waals surface area contributed by atoms with E-state index in [2.05, 4.69) is 45.0 Å². The van der Waals surface area contributed by atoms with Crippen molar-refractivity contribution in [1.29, 1.82) is 0 Å². The van der Waals surface area contributed by atoms with Gasteiger partial charge in [-0.1, -0.05) is 51.1 Å². The van der Waals surface area contributed by atoms with Crippen LogP contribution in [0.3, 0.4) is 0 Å². The predicted octanol–water partition coefficient (Wildman–Crippen LogP) is 3.63. The Labute approximate surface area is 96.7 Å². The SMILES string of the molecule is CC(C)(C)c1cc2ccccc2cc1CO. The number of hydrogen-bond acceptors (Lipinski definition) is 1. The molecule has 84 valence electrons. The first-order chi connectivity index (χ1) is 7.52. The maximum Gasteiger partial charge on any atom is 0.0684 e. The maximum absolute atomic E-state index is 9.44. The van der Waals surface area contributed by atoms with Gasteiger partial charge in [0.25, 0.3) is 0 Å². The standard InChI is InChI=1S/C15H18O/c1-15(2,3)14-9-12-7-5-4-6-11(12)8-13(14)10-16/h4-9,16H,10H2,1-3H3. The van der Waals surface area contributed by atoms with E-state index in [0.717, 1.165) is 5.56 Å². The first kappa shape index (κ1) is 11.2. The lowest BCUT2D eigenvalue weighted by molar-refractivity contribution is 0.278. The molecule has 0 aliphatic carbocycles. The largest absolute Gasteiger partial charge is 0.392 e.